The molecule has 1 fully saturated rings. The summed E-state index contributed by atoms with van der Waals surface area (Å²) in [6.07, 6.45) is 5.00. The zero-order valence-electron chi connectivity index (χ0n) is 11.8. The van der Waals surface area contributed by atoms with Crippen molar-refractivity contribution in [1.29, 1.82) is 0 Å². The molecule has 0 bridgehead atoms. The van der Waals surface area contributed by atoms with Crippen LogP contribution < -0.4 is 0 Å². The number of aromatic nitrogens is 1. The lowest BCUT2D eigenvalue weighted by Gasteiger charge is -2.32. The number of piperidine rings is 1. The van der Waals surface area contributed by atoms with Crippen LogP contribution in [0, 0.1) is 5.92 Å². The Bertz CT molecular complexity index is 508. The first kappa shape index (κ1) is 15.4. The van der Waals surface area contributed by atoms with Gasteiger partial charge in [0, 0.05) is 25.5 Å². The Kier molecular flexibility index (Phi) is 5.12. The molecule has 1 aromatic heterocycles. The van der Waals surface area contributed by atoms with Crippen LogP contribution in [0.4, 0.5) is 0 Å². The molecule has 1 aliphatic rings. The van der Waals surface area contributed by atoms with Crippen molar-refractivity contribution in [2.24, 2.45) is 5.92 Å². The van der Waals surface area contributed by atoms with E-state index in [0.717, 1.165) is 18.4 Å². The monoisotopic (exact) mass is 298 g/mol. The van der Waals surface area contributed by atoms with Gasteiger partial charge in [-0.05, 0) is 49.8 Å². The van der Waals surface area contributed by atoms with Crippen molar-refractivity contribution in [2.75, 3.05) is 18.8 Å². The first-order valence-corrected chi connectivity index (χ1v) is 8.65. The van der Waals surface area contributed by atoms with E-state index >= 15 is 0 Å². The van der Waals surface area contributed by atoms with E-state index in [2.05, 4.69) is 4.98 Å². The number of pyridine rings is 1. The van der Waals surface area contributed by atoms with Gasteiger partial charge in [0.15, 0.2) is 0 Å². The average molecular weight is 298 g/mol. The highest BCUT2D eigenvalue weighted by atomic mass is 32.2. The Labute approximate surface area is 120 Å². The number of nitrogens with zero attached hydrogens (tertiary/aromatic N) is 2. The van der Waals surface area contributed by atoms with Gasteiger partial charge < -0.3 is 5.11 Å². The van der Waals surface area contributed by atoms with E-state index in [9.17, 15) is 13.5 Å². The van der Waals surface area contributed by atoms with Gasteiger partial charge in [-0.3, -0.25) is 4.98 Å². The van der Waals surface area contributed by atoms with Gasteiger partial charge >= 0.3 is 0 Å². The summed E-state index contributed by atoms with van der Waals surface area (Å²) >= 11 is 0. The Hall–Kier alpha value is -0.980. The lowest BCUT2D eigenvalue weighted by atomic mass is 9.93. The maximum absolute atomic E-state index is 12.3. The Morgan fingerprint density at radius 2 is 1.95 bits per heavy atom. The van der Waals surface area contributed by atoms with Crippen LogP contribution in [0.25, 0.3) is 0 Å². The molecule has 6 heteroatoms. The highest BCUT2D eigenvalue weighted by Crippen LogP contribution is 2.22. The lowest BCUT2D eigenvalue weighted by molar-refractivity contribution is 0.0912. The molecule has 0 saturated carbocycles. The van der Waals surface area contributed by atoms with Crippen LogP contribution in [-0.4, -0.2) is 47.8 Å². The van der Waals surface area contributed by atoms with Crippen molar-refractivity contribution in [1.82, 2.24) is 9.29 Å². The molecule has 1 aliphatic heterocycles. The molecule has 1 aromatic rings. The van der Waals surface area contributed by atoms with Crippen molar-refractivity contribution >= 4 is 10.0 Å². The third-order valence-corrected chi connectivity index (χ3v) is 5.84. The van der Waals surface area contributed by atoms with Crippen LogP contribution in [0.2, 0.25) is 0 Å². The molecule has 1 N–H and O–H groups in total. The molecular weight excluding hydrogens is 276 g/mol. The normalized spacial score (nSPS) is 19.9. The van der Waals surface area contributed by atoms with Crippen LogP contribution in [0.5, 0.6) is 0 Å². The van der Waals surface area contributed by atoms with E-state index in [-0.39, 0.29) is 17.8 Å². The summed E-state index contributed by atoms with van der Waals surface area (Å²) in [5, 5.41) is 9.54. The topological polar surface area (TPSA) is 70.5 Å². The van der Waals surface area contributed by atoms with Gasteiger partial charge in [-0.2, -0.15) is 0 Å². The van der Waals surface area contributed by atoms with E-state index in [1.54, 1.807) is 23.6 Å². The predicted molar refractivity (Wildman–Crippen MR) is 77.7 cm³/mol. The maximum atomic E-state index is 12.3. The van der Waals surface area contributed by atoms with E-state index < -0.39 is 10.0 Å². The molecule has 1 saturated heterocycles. The second-order valence-electron chi connectivity index (χ2n) is 5.40. The number of hydrogen-bond acceptors (Lipinski definition) is 4. The van der Waals surface area contributed by atoms with Gasteiger partial charge in [0.1, 0.15) is 0 Å². The fraction of sp³-hybridized carbons (Fsp3) is 0.643. The second kappa shape index (κ2) is 6.65. The summed E-state index contributed by atoms with van der Waals surface area (Å²) in [5.74, 6) is 0.359. The molecule has 0 aromatic carbocycles. The molecule has 0 radical (unpaired) electrons. The number of aryl methyl sites for hydroxylation is 1. The number of aliphatic hydroxyl groups is 1. The van der Waals surface area contributed by atoms with E-state index in [1.807, 2.05) is 12.1 Å². The fourth-order valence-corrected chi connectivity index (χ4v) is 4.08. The predicted octanol–water partition coefficient (Wildman–Crippen LogP) is 1.05. The van der Waals surface area contributed by atoms with Crippen molar-refractivity contribution in [3.63, 3.8) is 0 Å². The third-order valence-electron chi connectivity index (χ3n) is 3.97. The summed E-state index contributed by atoms with van der Waals surface area (Å²) in [4.78, 5) is 3.92. The standard InChI is InChI=1S/C14H22N2O3S/c1-12(17)14-4-9-16(10-5-14)20(18,19)11-6-13-2-7-15-8-3-13/h2-3,7-8,12,14,17H,4-6,9-11H2,1H3. The minimum absolute atomic E-state index is 0.135. The molecule has 5 nitrogen and oxygen atoms in total. The highest BCUT2D eigenvalue weighted by molar-refractivity contribution is 7.89. The zero-order valence-corrected chi connectivity index (χ0v) is 12.6. The van der Waals surface area contributed by atoms with E-state index in [1.165, 1.54) is 0 Å². The molecule has 2 heterocycles. The molecular formula is C14H22N2O3S. The van der Waals surface area contributed by atoms with Crippen molar-refractivity contribution in [3.05, 3.63) is 30.1 Å². The Balaban J connectivity index is 1.88. The number of aliphatic hydroxyl groups excluding tert-OH is 1. The summed E-state index contributed by atoms with van der Waals surface area (Å²) in [6.45, 7) is 2.82. The van der Waals surface area contributed by atoms with Crippen molar-refractivity contribution < 1.29 is 13.5 Å². The van der Waals surface area contributed by atoms with E-state index in [0.29, 0.717) is 19.5 Å². The maximum Gasteiger partial charge on any atom is 0.214 e. The molecule has 1 atom stereocenters. The van der Waals surface area contributed by atoms with Crippen LogP contribution >= 0.6 is 0 Å². The highest BCUT2D eigenvalue weighted by Gasteiger charge is 2.29. The second-order valence-corrected chi connectivity index (χ2v) is 7.49. The summed E-state index contributed by atoms with van der Waals surface area (Å²) in [7, 11) is -3.20. The van der Waals surface area contributed by atoms with Gasteiger partial charge in [0.05, 0.1) is 11.9 Å². The zero-order chi connectivity index (χ0) is 14.6. The number of sulfonamides is 1. The molecule has 112 valence electrons. The quantitative estimate of drug-likeness (QED) is 0.882. The molecule has 20 heavy (non-hydrogen) atoms. The summed E-state index contributed by atoms with van der Waals surface area (Å²) in [5.41, 5.74) is 0.988. The van der Waals surface area contributed by atoms with Gasteiger partial charge in [-0.15, -0.1) is 0 Å². The number of rotatable bonds is 5. The Morgan fingerprint density at radius 3 is 2.50 bits per heavy atom. The van der Waals surface area contributed by atoms with Crippen molar-refractivity contribution in [2.45, 2.75) is 32.3 Å². The third kappa shape index (κ3) is 4.01. The van der Waals surface area contributed by atoms with Gasteiger partial charge in [-0.1, -0.05) is 0 Å². The van der Waals surface area contributed by atoms with Gasteiger partial charge in [0.2, 0.25) is 10.0 Å². The fourth-order valence-electron chi connectivity index (χ4n) is 2.56. The van der Waals surface area contributed by atoms with Crippen LogP contribution in [0.3, 0.4) is 0 Å². The first-order valence-electron chi connectivity index (χ1n) is 7.04. The largest absolute Gasteiger partial charge is 0.393 e. The molecule has 0 amide bonds. The molecule has 0 aliphatic carbocycles. The molecule has 0 spiro atoms. The number of hydrogen-bond donors (Lipinski definition) is 1. The van der Waals surface area contributed by atoms with Crippen LogP contribution in [0.15, 0.2) is 24.5 Å². The molecule has 1 unspecified atom stereocenters. The summed E-state index contributed by atoms with van der Waals surface area (Å²) in [6, 6.07) is 3.68. The smallest absolute Gasteiger partial charge is 0.214 e. The van der Waals surface area contributed by atoms with Gasteiger partial charge in [0.25, 0.3) is 0 Å². The minimum Gasteiger partial charge on any atom is -0.393 e. The first-order chi connectivity index (χ1) is 9.49. The van der Waals surface area contributed by atoms with Crippen LogP contribution in [-0.2, 0) is 16.4 Å². The summed E-state index contributed by atoms with van der Waals surface area (Å²) < 4.78 is 26.1. The van der Waals surface area contributed by atoms with Crippen LogP contribution in [0.1, 0.15) is 25.3 Å². The van der Waals surface area contributed by atoms with E-state index in [4.69, 9.17) is 0 Å². The Morgan fingerprint density at radius 1 is 1.35 bits per heavy atom. The van der Waals surface area contributed by atoms with Gasteiger partial charge in [-0.25, -0.2) is 12.7 Å². The molecule has 2 rings (SSSR count). The minimum atomic E-state index is -3.20. The SMILES string of the molecule is CC(O)C1CCN(S(=O)(=O)CCc2ccncc2)CC1. The van der Waals surface area contributed by atoms with Crippen molar-refractivity contribution in [3.8, 4) is 0 Å². The lowest BCUT2D eigenvalue weighted by Crippen LogP contribution is -2.42. The average Bonchev–Trinajstić information content (AvgIpc) is 2.46.